The molecule has 2 fully saturated rings. The lowest BCUT2D eigenvalue weighted by molar-refractivity contribution is 0.0524. The standard InChI is InChI=1S/C21H26FN3O2/c22-16-5-7-17(8-6-16)27-21-9-4-15(13-25-21)12-24-19-3-1-2-18(19)20-14-26-11-10-23-20/h4-9,13,18-20,23-24H,1-3,10-12,14H2. The van der Waals surface area contributed by atoms with Gasteiger partial charge in [-0.25, -0.2) is 9.37 Å². The Hall–Kier alpha value is -2.02. The molecule has 1 aliphatic heterocycles. The van der Waals surface area contributed by atoms with Crippen molar-refractivity contribution in [2.75, 3.05) is 19.8 Å². The average Bonchev–Trinajstić information content (AvgIpc) is 3.19. The van der Waals surface area contributed by atoms with E-state index in [-0.39, 0.29) is 5.82 Å². The van der Waals surface area contributed by atoms with Crippen molar-refractivity contribution in [3.8, 4) is 11.6 Å². The fourth-order valence-corrected chi connectivity index (χ4v) is 4.03. The van der Waals surface area contributed by atoms with Crippen LogP contribution in [0.3, 0.4) is 0 Å². The fraction of sp³-hybridized carbons (Fsp3) is 0.476. The molecule has 4 rings (SSSR count). The van der Waals surface area contributed by atoms with Crippen LogP contribution in [0.15, 0.2) is 42.6 Å². The highest BCUT2D eigenvalue weighted by atomic mass is 19.1. The molecule has 144 valence electrons. The van der Waals surface area contributed by atoms with Gasteiger partial charge in [-0.1, -0.05) is 12.5 Å². The average molecular weight is 371 g/mol. The zero-order valence-corrected chi connectivity index (χ0v) is 15.4. The van der Waals surface area contributed by atoms with Crippen molar-refractivity contribution in [3.63, 3.8) is 0 Å². The summed E-state index contributed by atoms with van der Waals surface area (Å²) in [7, 11) is 0. The molecule has 2 aromatic rings. The Kier molecular flexibility index (Phi) is 5.97. The number of halogens is 1. The molecule has 0 spiro atoms. The van der Waals surface area contributed by atoms with E-state index in [1.165, 1.54) is 31.4 Å². The minimum Gasteiger partial charge on any atom is -0.439 e. The number of benzene rings is 1. The lowest BCUT2D eigenvalue weighted by Gasteiger charge is -2.33. The van der Waals surface area contributed by atoms with Gasteiger partial charge in [0, 0.05) is 37.4 Å². The summed E-state index contributed by atoms with van der Waals surface area (Å²) in [6.07, 6.45) is 5.56. The molecule has 1 saturated carbocycles. The van der Waals surface area contributed by atoms with Gasteiger partial charge < -0.3 is 20.1 Å². The van der Waals surface area contributed by atoms with E-state index in [9.17, 15) is 4.39 Å². The Morgan fingerprint density at radius 2 is 2.07 bits per heavy atom. The molecule has 2 aliphatic rings. The van der Waals surface area contributed by atoms with Crippen LogP contribution in [0.2, 0.25) is 0 Å². The van der Waals surface area contributed by atoms with Gasteiger partial charge in [-0.3, -0.25) is 0 Å². The van der Waals surface area contributed by atoms with Crippen LogP contribution in [0.4, 0.5) is 4.39 Å². The van der Waals surface area contributed by atoms with Gasteiger partial charge in [0.1, 0.15) is 11.6 Å². The molecule has 1 aromatic carbocycles. The van der Waals surface area contributed by atoms with E-state index < -0.39 is 0 Å². The lowest BCUT2D eigenvalue weighted by atomic mass is 9.94. The summed E-state index contributed by atoms with van der Waals surface area (Å²) in [4.78, 5) is 4.36. The first-order valence-electron chi connectivity index (χ1n) is 9.71. The first-order valence-corrected chi connectivity index (χ1v) is 9.71. The van der Waals surface area contributed by atoms with Crippen molar-refractivity contribution in [2.24, 2.45) is 5.92 Å². The van der Waals surface area contributed by atoms with Gasteiger partial charge in [0.15, 0.2) is 0 Å². The molecule has 1 saturated heterocycles. The third-order valence-electron chi connectivity index (χ3n) is 5.44. The zero-order chi connectivity index (χ0) is 18.5. The van der Waals surface area contributed by atoms with Crippen LogP contribution in [-0.2, 0) is 11.3 Å². The largest absolute Gasteiger partial charge is 0.439 e. The van der Waals surface area contributed by atoms with Crippen LogP contribution in [0.1, 0.15) is 24.8 Å². The van der Waals surface area contributed by atoms with E-state index in [4.69, 9.17) is 9.47 Å². The second-order valence-corrected chi connectivity index (χ2v) is 7.28. The maximum Gasteiger partial charge on any atom is 0.219 e. The monoisotopic (exact) mass is 371 g/mol. The number of rotatable bonds is 6. The van der Waals surface area contributed by atoms with Gasteiger partial charge >= 0.3 is 0 Å². The Labute approximate surface area is 159 Å². The van der Waals surface area contributed by atoms with E-state index >= 15 is 0 Å². The highest BCUT2D eigenvalue weighted by Crippen LogP contribution is 2.29. The second-order valence-electron chi connectivity index (χ2n) is 7.28. The Morgan fingerprint density at radius 3 is 2.81 bits per heavy atom. The predicted molar refractivity (Wildman–Crippen MR) is 101 cm³/mol. The maximum atomic E-state index is 12.9. The Morgan fingerprint density at radius 1 is 1.19 bits per heavy atom. The van der Waals surface area contributed by atoms with Gasteiger partial charge in [-0.05, 0) is 48.6 Å². The van der Waals surface area contributed by atoms with Crippen LogP contribution in [0.25, 0.3) is 0 Å². The van der Waals surface area contributed by atoms with Crippen molar-refractivity contribution in [2.45, 2.75) is 37.9 Å². The Bertz CT molecular complexity index is 717. The molecule has 3 atom stereocenters. The van der Waals surface area contributed by atoms with Crippen molar-refractivity contribution in [1.29, 1.82) is 0 Å². The van der Waals surface area contributed by atoms with Crippen LogP contribution < -0.4 is 15.4 Å². The van der Waals surface area contributed by atoms with Gasteiger partial charge in [0.2, 0.25) is 5.88 Å². The van der Waals surface area contributed by atoms with E-state index in [0.29, 0.717) is 29.6 Å². The van der Waals surface area contributed by atoms with Gasteiger partial charge in [-0.2, -0.15) is 0 Å². The summed E-state index contributed by atoms with van der Waals surface area (Å²) in [6, 6.07) is 10.8. The molecule has 3 unspecified atom stereocenters. The molecule has 2 N–H and O–H groups in total. The molecular formula is C21H26FN3O2. The number of hydrogen-bond donors (Lipinski definition) is 2. The smallest absolute Gasteiger partial charge is 0.219 e. The molecule has 2 heterocycles. The number of nitrogens with one attached hydrogen (secondary N) is 2. The molecule has 0 radical (unpaired) electrons. The molecule has 1 aromatic heterocycles. The molecular weight excluding hydrogens is 345 g/mol. The van der Waals surface area contributed by atoms with Crippen LogP contribution in [0, 0.1) is 11.7 Å². The van der Waals surface area contributed by atoms with Crippen molar-refractivity contribution in [3.05, 3.63) is 54.0 Å². The predicted octanol–water partition coefficient (Wildman–Crippen LogP) is 3.26. The maximum absolute atomic E-state index is 12.9. The normalized spacial score (nSPS) is 25.4. The number of pyridine rings is 1. The highest BCUT2D eigenvalue weighted by molar-refractivity contribution is 5.28. The lowest BCUT2D eigenvalue weighted by Crippen LogP contribution is -2.50. The van der Waals surface area contributed by atoms with Crippen molar-refractivity contribution < 1.29 is 13.9 Å². The highest BCUT2D eigenvalue weighted by Gasteiger charge is 2.34. The third kappa shape index (κ3) is 4.83. The molecule has 27 heavy (non-hydrogen) atoms. The van der Waals surface area contributed by atoms with Gasteiger partial charge in [0.25, 0.3) is 0 Å². The molecule has 0 bridgehead atoms. The van der Waals surface area contributed by atoms with E-state index in [2.05, 4.69) is 15.6 Å². The molecule has 0 amide bonds. The van der Waals surface area contributed by atoms with Crippen molar-refractivity contribution >= 4 is 0 Å². The fourth-order valence-electron chi connectivity index (χ4n) is 4.03. The second kappa shape index (κ2) is 8.78. The summed E-state index contributed by atoms with van der Waals surface area (Å²) in [6.45, 7) is 3.38. The van der Waals surface area contributed by atoms with E-state index in [0.717, 1.165) is 31.9 Å². The number of morpholine rings is 1. The number of nitrogens with zero attached hydrogens (tertiary/aromatic N) is 1. The zero-order valence-electron chi connectivity index (χ0n) is 15.4. The summed E-state index contributed by atoms with van der Waals surface area (Å²) in [5.41, 5.74) is 1.12. The summed E-state index contributed by atoms with van der Waals surface area (Å²) in [5.74, 6) is 1.43. The van der Waals surface area contributed by atoms with Crippen LogP contribution in [-0.4, -0.2) is 36.8 Å². The first kappa shape index (κ1) is 18.3. The van der Waals surface area contributed by atoms with Gasteiger partial charge in [0.05, 0.1) is 13.2 Å². The number of ether oxygens (including phenoxy) is 2. The third-order valence-corrected chi connectivity index (χ3v) is 5.44. The van der Waals surface area contributed by atoms with Gasteiger partial charge in [-0.15, -0.1) is 0 Å². The van der Waals surface area contributed by atoms with Crippen molar-refractivity contribution in [1.82, 2.24) is 15.6 Å². The number of aromatic nitrogens is 1. The quantitative estimate of drug-likeness (QED) is 0.816. The molecule has 6 heteroatoms. The van der Waals surface area contributed by atoms with E-state index in [1.54, 1.807) is 12.1 Å². The van der Waals surface area contributed by atoms with E-state index in [1.807, 2.05) is 18.3 Å². The van der Waals surface area contributed by atoms with Crippen LogP contribution >= 0.6 is 0 Å². The van der Waals surface area contributed by atoms with Crippen LogP contribution in [0.5, 0.6) is 11.6 Å². The minimum atomic E-state index is -0.281. The topological polar surface area (TPSA) is 55.4 Å². The summed E-state index contributed by atoms with van der Waals surface area (Å²) >= 11 is 0. The Balaban J connectivity index is 1.29. The first-order chi connectivity index (χ1) is 13.3. The summed E-state index contributed by atoms with van der Waals surface area (Å²) < 4.78 is 24.2. The molecule has 5 nitrogen and oxygen atoms in total. The SMILES string of the molecule is Fc1ccc(Oc2ccc(CNC3CCCC3C3COCCN3)cn2)cc1. The summed E-state index contributed by atoms with van der Waals surface area (Å²) in [5, 5.41) is 7.31. The minimum absolute atomic E-state index is 0.281. The number of hydrogen-bond acceptors (Lipinski definition) is 5. The molecule has 1 aliphatic carbocycles.